The molecule has 4 aromatic heterocycles. The third-order valence-corrected chi connectivity index (χ3v) is 5.41. The Balaban J connectivity index is 1.31. The number of carbonyl (C=O) groups excluding carboxylic acids is 1. The second-order valence-corrected chi connectivity index (χ2v) is 8.06. The van der Waals surface area contributed by atoms with E-state index in [1.807, 2.05) is 60.0 Å². The van der Waals surface area contributed by atoms with Gasteiger partial charge in [0.2, 0.25) is 0 Å². The zero-order valence-electron chi connectivity index (χ0n) is 17.3. The van der Waals surface area contributed by atoms with Crippen molar-refractivity contribution in [2.45, 2.75) is 19.9 Å². The summed E-state index contributed by atoms with van der Waals surface area (Å²) in [5.74, 6) is 0.488. The number of carbonyl (C=O) groups is 1. The van der Waals surface area contributed by atoms with Crippen molar-refractivity contribution >= 4 is 34.1 Å². The maximum Gasteiger partial charge on any atom is 0.251 e. The molecule has 5 rings (SSSR count). The summed E-state index contributed by atoms with van der Waals surface area (Å²) in [5, 5.41) is 12.8. The molecule has 4 heterocycles. The fourth-order valence-electron chi connectivity index (χ4n) is 3.62. The quantitative estimate of drug-likeness (QED) is 0.442. The molecule has 0 aliphatic carbocycles. The minimum absolute atomic E-state index is 0.187. The molecule has 0 unspecified atom stereocenters. The number of amides is 1. The Morgan fingerprint density at radius 3 is 2.88 bits per heavy atom. The highest BCUT2D eigenvalue weighted by Gasteiger charge is 2.11. The van der Waals surface area contributed by atoms with Gasteiger partial charge in [0.25, 0.3) is 5.91 Å². The normalized spacial score (nSPS) is 11.2. The van der Waals surface area contributed by atoms with Crippen LogP contribution >= 0.6 is 11.6 Å². The van der Waals surface area contributed by atoms with Crippen molar-refractivity contribution in [3.63, 3.8) is 0 Å². The number of nitrogens with one attached hydrogen (secondary N) is 1. The van der Waals surface area contributed by atoms with Crippen LogP contribution in [-0.2, 0) is 13.0 Å². The molecule has 1 aromatic carbocycles. The molecule has 0 atom stereocenters. The molecule has 0 radical (unpaired) electrons. The highest BCUT2D eigenvalue weighted by atomic mass is 35.5. The number of hydrogen-bond acceptors (Lipinski definition) is 5. The third-order valence-electron chi connectivity index (χ3n) is 5.20. The monoisotopic (exact) mass is 442 g/mol. The number of halogens is 1. The van der Waals surface area contributed by atoms with Crippen LogP contribution in [0.5, 0.6) is 0 Å². The van der Waals surface area contributed by atoms with Crippen molar-refractivity contribution in [2.24, 2.45) is 0 Å². The standard InChI is InChI=1S/C24H19ClN6O/c1-15-2-5-22-29-30-23(31(22)14-15)13-28-24(32)17-6-7-26-20(11-17)9-16-3-4-21-18(8-16)10-19(25)12-27-21/h2-8,10-12,14H,9,13H2,1H3,(H,28,32). The summed E-state index contributed by atoms with van der Waals surface area (Å²) in [4.78, 5) is 21.5. The molecule has 32 heavy (non-hydrogen) atoms. The predicted octanol–water partition coefficient (Wildman–Crippen LogP) is 4.16. The van der Waals surface area contributed by atoms with Gasteiger partial charge in [0, 0.05) is 41.7 Å². The van der Waals surface area contributed by atoms with Gasteiger partial charge in [-0.2, -0.15) is 0 Å². The topological polar surface area (TPSA) is 85.1 Å². The van der Waals surface area contributed by atoms with Gasteiger partial charge in [-0.1, -0.05) is 23.7 Å². The first kappa shape index (κ1) is 20.1. The third kappa shape index (κ3) is 4.15. The van der Waals surface area contributed by atoms with Crippen molar-refractivity contribution in [3.8, 4) is 0 Å². The molecule has 0 bridgehead atoms. The maximum atomic E-state index is 12.7. The summed E-state index contributed by atoms with van der Waals surface area (Å²) in [6, 6.07) is 15.3. The molecular formula is C24H19ClN6O. The molecule has 5 aromatic rings. The first-order valence-corrected chi connectivity index (χ1v) is 10.5. The number of fused-ring (bicyclic) bond motifs is 2. The van der Waals surface area contributed by atoms with Gasteiger partial charge in [0.1, 0.15) is 0 Å². The lowest BCUT2D eigenvalue weighted by Crippen LogP contribution is -2.24. The molecule has 0 aliphatic rings. The minimum atomic E-state index is -0.187. The predicted molar refractivity (Wildman–Crippen MR) is 123 cm³/mol. The molecule has 0 saturated heterocycles. The van der Waals surface area contributed by atoms with Gasteiger partial charge in [0.15, 0.2) is 11.5 Å². The maximum absolute atomic E-state index is 12.7. The van der Waals surface area contributed by atoms with E-state index in [4.69, 9.17) is 11.6 Å². The average Bonchev–Trinajstić information content (AvgIpc) is 3.19. The molecule has 0 fully saturated rings. The summed E-state index contributed by atoms with van der Waals surface area (Å²) in [6.07, 6.45) is 5.83. The first-order chi connectivity index (χ1) is 15.5. The van der Waals surface area contributed by atoms with E-state index >= 15 is 0 Å². The zero-order chi connectivity index (χ0) is 22.1. The number of hydrogen-bond donors (Lipinski definition) is 1. The van der Waals surface area contributed by atoms with E-state index < -0.39 is 0 Å². The van der Waals surface area contributed by atoms with Crippen molar-refractivity contribution in [2.75, 3.05) is 0 Å². The molecule has 1 N–H and O–H groups in total. The summed E-state index contributed by atoms with van der Waals surface area (Å²) in [6.45, 7) is 2.28. The lowest BCUT2D eigenvalue weighted by molar-refractivity contribution is 0.0949. The van der Waals surface area contributed by atoms with Crippen LogP contribution in [0.3, 0.4) is 0 Å². The Bertz CT molecular complexity index is 1460. The van der Waals surface area contributed by atoms with E-state index in [9.17, 15) is 4.79 Å². The Kier molecular flexibility index (Phi) is 5.25. The Morgan fingerprint density at radius 2 is 1.97 bits per heavy atom. The average molecular weight is 443 g/mol. The van der Waals surface area contributed by atoms with E-state index in [2.05, 4.69) is 25.5 Å². The van der Waals surface area contributed by atoms with E-state index in [0.717, 1.165) is 33.4 Å². The molecule has 0 spiro atoms. The molecular weight excluding hydrogens is 424 g/mol. The number of rotatable bonds is 5. The van der Waals surface area contributed by atoms with Gasteiger partial charge in [-0.05, 0) is 54.4 Å². The Labute approximate surface area is 189 Å². The number of pyridine rings is 3. The largest absolute Gasteiger partial charge is 0.345 e. The molecule has 0 saturated carbocycles. The molecule has 7 nitrogen and oxygen atoms in total. The summed E-state index contributed by atoms with van der Waals surface area (Å²) in [5.41, 5.74) is 5.14. The number of aryl methyl sites for hydroxylation is 1. The minimum Gasteiger partial charge on any atom is -0.345 e. The summed E-state index contributed by atoms with van der Waals surface area (Å²) < 4.78 is 1.88. The van der Waals surface area contributed by atoms with Crippen LogP contribution < -0.4 is 5.32 Å². The van der Waals surface area contributed by atoms with Crippen molar-refractivity contribution in [3.05, 3.63) is 100 Å². The van der Waals surface area contributed by atoms with Gasteiger partial charge in [-0.25, -0.2) is 0 Å². The van der Waals surface area contributed by atoms with Gasteiger partial charge in [0.05, 0.1) is 17.1 Å². The van der Waals surface area contributed by atoms with Gasteiger partial charge >= 0.3 is 0 Å². The van der Waals surface area contributed by atoms with Gasteiger partial charge in [-0.3, -0.25) is 19.2 Å². The van der Waals surface area contributed by atoms with E-state index in [0.29, 0.717) is 22.8 Å². The van der Waals surface area contributed by atoms with Crippen molar-refractivity contribution in [1.29, 1.82) is 0 Å². The van der Waals surface area contributed by atoms with Crippen LogP contribution in [0.4, 0.5) is 0 Å². The second kappa shape index (κ2) is 8.36. The highest BCUT2D eigenvalue weighted by molar-refractivity contribution is 6.31. The smallest absolute Gasteiger partial charge is 0.251 e. The SMILES string of the molecule is Cc1ccc2nnc(CNC(=O)c3ccnc(Cc4ccc5ncc(Cl)cc5c4)c3)n2c1. The lowest BCUT2D eigenvalue weighted by Gasteiger charge is -2.07. The van der Waals surface area contributed by atoms with E-state index in [-0.39, 0.29) is 12.5 Å². The number of nitrogens with zero attached hydrogens (tertiary/aromatic N) is 5. The van der Waals surface area contributed by atoms with Crippen LogP contribution in [0, 0.1) is 6.92 Å². The van der Waals surface area contributed by atoms with E-state index in [1.165, 1.54) is 0 Å². The molecule has 158 valence electrons. The van der Waals surface area contributed by atoms with Crippen LogP contribution in [0.15, 0.2) is 67.1 Å². The lowest BCUT2D eigenvalue weighted by atomic mass is 10.0. The van der Waals surface area contributed by atoms with Gasteiger partial charge < -0.3 is 5.32 Å². The highest BCUT2D eigenvalue weighted by Crippen LogP contribution is 2.20. The second-order valence-electron chi connectivity index (χ2n) is 7.63. The van der Waals surface area contributed by atoms with Gasteiger partial charge in [-0.15, -0.1) is 10.2 Å². The van der Waals surface area contributed by atoms with Crippen molar-refractivity contribution < 1.29 is 4.79 Å². The molecule has 0 aliphatic heterocycles. The van der Waals surface area contributed by atoms with Crippen LogP contribution in [0.2, 0.25) is 5.02 Å². The van der Waals surface area contributed by atoms with Crippen LogP contribution in [0.25, 0.3) is 16.6 Å². The number of aromatic nitrogens is 5. The van der Waals surface area contributed by atoms with Crippen LogP contribution in [-0.4, -0.2) is 30.5 Å². The fraction of sp³-hybridized carbons (Fsp3) is 0.125. The Hall–Kier alpha value is -3.84. The van der Waals surface area contributed by atoms with E-state index in [1.54, 1.807) is 18.5 Å². The first-order valence-electron chi connectivity index (χ1n) is 10.1. The molecule has 1 amide bonds. The molecule has 8 heteroatoms. The summed E-state index contributed by atoms with van der Waals surface area (Å²) in [7, 11) is 0. The van der Waals surface area contributed by atoms with Crippen molar-refractivity contribution in [1.82, 2.24) is 29.9 Å². The van der Waals surface area contributed by atoms with Crippen LogP contribution in [0.1, 0.15) is 33.0 Å². The Morgan fingerprint density at radius 1 is 1.06 bits per heavy atom. The fourth-order valence-corrected chi connectivity index (χ4v) is 3.78. The zero-order valence-corrected chi connectivity index (χ0v) is 18.0. The summed E-state index contributed by atoms with van der Waals surface area (Å²) >= 11 is 6.06. The number of benzene rings is 1.